The third kappa shape index (κ3) is 4.84. The molecule has 0 aliphatic rings. The highest BCUT2D eigenvalue weighted by molar-refractivity contribution is 5.94. The lowest BCUT2D eigenvalue weighted by atomic mass is 10.1. The Balaban J connectivity index is 2.23. The maximum Gasteiger partial charge on any atom is 0.251 e. The van der Waals surface area contributed by atoms with Crippen molar-refractivity contribution in [2.45, 2.75) is 6.92 Å². The zero-order valence-electron chi connectivity index (χ0n) is 10.3. The minimum atomic E-state index is -0.111. The van der Waals surface area contributed by atoms with E-state index in [1.807, 2.05) is 19.1 Å². The molecular weight excluding hydrogens is 232 g/mol. The molecule has 0 atom stereocenters. The number of amides is 1. The maximum atomic E-state index is 11.7. The molecule has 1 aromatic rings. The van der Waals surface area contributed by atoms with E-state index in [1.165, 1.54) is 0 Å². The molecule has 0 aromatic heterocycles. The van der Waals surface area contributed by atoms with Crippen LogP contribution in [0.5, 0.6) is 0 Å². The van der Waals surface area contributed by atoms with E-state index in [2.05, 4.69) is 15.8 Å². The number of oxime groups is 1. The molecule has 5 N–H and O–H groups in total. The number of aryl methyl sites for hydroxylation is 1. The number of nitrogens with two attached hydrogens (primary N) is 1. The summed E-state index contributed by atoms with van der Waals surface area (Å²) in [5, 5.41) is 16.8. The fourth-order valence-electron chi connectivity index (χ4n) is 1.32. The summed E-state index contributed by atoms with van der Waals surface area (Å²) in [6.07, 6.45) is 0. The lowest BCUT2D eigenvalue weighted by Crippen LogP contribution is -2.36. The SMILES string of the molecule is Cc1ccc(C(=O)NCCNC/C(N)=N/O)cc1. The number of rotatable bonds is 6. The number of benzene rings is 1. The minimum Gasteiger partial charge on any atom is -0.409 e. The Morgan fingerprint density at radius 3 is 2.61 bits per heavy atom. The predicted molar refractivity (Wildman–Crippen MR) is 69.8 cm³/mol. The van der Waals surface area contributed by atoms with E-state index < -0.39 is 0 Å². The first-order valence-corrected chi connectivity index (χ1v) is 5.65. The van der Waals surface area contributed by atoms with Crippen LogP contribution in [0.4, 0.5) is 0 Å². The molecule has 1 aromatic carbocycles. The van der Waals surface area contributed by atoms with Gasteiger partial charge < -0.3 is 21.6 Å². The van der Waals surface area contributed by atoms with Crippen LogP contribution < -0.4 is 16.4 Å². The van der Waals surface area contributed by atoms with Crippen molar-refractivity contribution in [2.24, 2.45) is 10.9 Å². The summed E-state index contributed by atoms with van der Waals surface area (Å²) in [5.41, 5.74) is 7.02. The Kier molecular flexibility index (Phi) is 5.66. The first-order valence-electron chi connectivity index (χ1n) is 5.65. The Hall–Kier alpha value is -2.08. The summed E-state index contributed by atoms with van der Waals surface area (Å²) in [7, 11) is 0. The highest BCUT2D eigenvalue weighted by atomic mass is 16.4. The molecule has 0 saturated carbocycles. The number of carbonyl (C=O) groups is 1. The van der Waals surface area contributed by atoms with Gasteiger partial charge in [-0.3, -0.25) is 4.79 Å². The molecule has 1 rings (SSSR count). The van der Waals surface area contributed by atoms with Gasteiger partial charge in [0, 0.05) is 18.7 Å². The van der Waals surface area contributed by atoms with Gasteiger partial charge in [-0.15, -0.1) is 0 Å². The number of hydrogen-bond donors (Lipinski definition) is 4. The van der Waals surface area contributed by atoms with Gasteiger partial charge in [-0.05, 0) is 19.1 Å². The van der Waals surface area contributed by atoms with Crippen LogP contribution in [0.3, 0.4) is 0 Å². The van der Waals surface area contributed by atoms with Gasteiger partial charge >= 0.3 is 0 Å². The molecule has 0 aliphatic heterocycles. The van der Waals surface area contributed by atoms with E-state index in [0.29, 0.717) is 18.7 Å². The summed E-state index contributed by atoms with van der Waals surface area (Å²) in [4.78, 5) is 11.7. The number of nitrogens with one attached hydrogen (secondary N) is 2. The highest BCUT2D eigenvalue weighted by Crippen LogP contribution is 2.02. The van der Waals surface area contributed by atoms with Crippen LogP contribution in [0, 0.1) is 6.92 Å². The molecule has 0 radical (unpaired) electrons. The summed E-state index contributed by atoms with van der Waals surface area (Å²) in [6, 6.07) is 7.36. The van der Waals surface area contributed by atoms with Gasteiger partial charge in [-0.25, -0.2) is 0 Å². The smallest absolute Gasteiger partial charge is 0.251 e. The van der Waals surface area contributed by atoms with Crippen LogP contribution in [0.25, 0.3) is 0 Å². The van der Waals surface area contributed by atoms with Crippen molar-refractivity contribution < 1.29 is 10.0 Å². The molecule has 6 heteroatoms. The molecule has 98 valence electrons. The van der Waals surface area contributed by atoms with Crippen LogP contribution in [0.1, 0.15) is 15.9 Å². The number of hydrogen-bond acceptors (Lipinski definition) is 4. The molecule has 0 aliphatic carbocycles. The van der Waals surface area contributed by atoms with Gasteiger partial charge in [0.2, 0.25) is 0 Å². The molecule has 0 spiro atoms. The highest BCUT2D eigenvalue weighted by Gasteiger charge is 2.03. The standard InChI is InChI=1S/C12H18N4O2/c1-9-2-4-10(5-3-9)12(17)15-7-6-14-8-11(13)16-18/h2-5,14,18H,6-8H2,1H3,(H2,13,16)(H,15,17). The van der Waals surface area contributed by atoms with Gasteiger partial charge in [0.25, 0.3) is 5.91 Å². The molecule has 0 unspecified atom stereocenters. The number of carbonyl (C=O) groups excluding carboxylic acids is 1. The molecule has 1 amide bonds. The van der Waals surface area contributed by atoms with Gasteiger partial charge in [0.1, 0.15) is 0 Å². The second-order valence-electron chi connectivity index (χ2n) is 3.89. The second kappa shape index (κ2) is 7.29. The molecule has 0 saturated heterocycles. The van der Waals surface area contributed by atoms with Crippen LogP contribution >= 0.6 is 0 Å². The molecule has 6 nitrogen and oxygen atoms in total. The Morgan fingerprint density at radius 2 is 2.00 bits per heavy atom. The van der Waals surface area contributed by atoms with Gasteiger partial charge in [-0.1, -0.05) is 22.9 Å². The van der Waals surface area contributed by atoms with E-state index >= 15 is 0 Å². The van der Waals surface area contributed by atoms with Crippen LogP contribution in [-0.4, -0.2) is 36.6 Å². The van der Waals surface area contributed by atoms with E-state index in [0.717, 1.165) is 5.56 Å². The van der Waals surface area contributed by atoms with Gasteiger partial charge in [0.05, 0.1) is 6.54 Å². The topological polar surface area (TPSA) is 99.7 Å². The summed E-state index contributed by atoms with van der Waals surface area (Å²) in [5.74, 6) is 0.000424. The molecule has 0 fully saturated rings. The zero-order chi connectivity index (χ0) is 13.4. The van der Waals surface area contributed by atoms with Gasteiger partial charge in [0.15, 0.2) is 5.84 Å². The van der Waals surface area contributed by atoms with E-state index in [1.54, 1.807) is 12.1 Å². The normalized spacial score (nSPS) is 11.3. The Morgan fingerprint density at radius 1 is 1.33 bits per heavy atom. The maximum absolute atomic E-state index is 11.7. The van der Waals surface area contributed by atoms with E-state index in [4.69, 9.17) is 10.9 Å². The van der Waals surface area contributed by atoms with Crippen molar-refractivity contribution >= 4 is 11.7 Å². The van der Waals surface area contributed by atoms with Crippen molar-refractivity contribution in [2.75, 3.05) is 19.6 Å². The van der Waals surface area contributed by atoms with Crippen molar-refractivity contribution in [3.63, 3.8) is 0 Å². The Bertz CT molecular complexity index is 415. The van der Waals surface area contributed by atoms with Crippen LogP contribution in [-0.2, 0) is 0 Å². The fourth-order valence-corrected chi connectivity index (χ4v) is 1.32. The first-order chi connectivity index (χ1) is 8.63. The van der Waals surface area contributed by atoms with Crippen molar-refractivity contribution in [1.29, 1.82) is 0 Å². The zero-order valence-corrected chi connectivity index (χ0v) is 10.3. The summed E-state index contributed by atoms with van der Waals surface area (Å²) in [6.45, 7) is 3.29. The first kappa shape index (κ1) is 14.0. The van der Waals surface area contributed by atoms with Crippen molar-refractivity contribution in [1.82, 2.24) is 10.6 Å². The van der Waals surface area contributed by atoms with E-state index in [-0.39, 0.29) is 18.3 Å². The van der Waals surface area contributed by atoms with E-state index in [9.17, 15) is 4.79 Å². The average Bonchev–Trinajstić information content (AvgIpc) is 2.38. The van der Waals surface area contributed by atoms with Crippen molar-refractivity contribution in [3.8, 4) is 0 Å². The molecule has 0 bridgehead atoms. The lowest BCUT2D eigenvalue weighted by Gasteiger charge is -2.06. The molecular formula is C12H18N4O2. The monoisotopic (exact) mass is 250 g/mol. The summed E-state index contributed by atoms with van der Waals surface area (Å²) < 4.78 is 0. The third-order valence-electron chi connectivity index (χ3n) is 2.34. The van der Waals surface area contributed by atoms with Gasteiger partial charge in [-0.2, -0.15) is 0 Å². The number of amidine groups is 1. The molecule has 18 heavy (non-hydrogen) atoms. The molecule has 0 heterocycles. The lowest BCUT2D eigenvalue weighted by molar-refractivity contribution is 0.0954. The Labute approximate surface area is 106 Å². The van der Waals surface area contributed by atoms with Crippen LogP contribution in [0.2, 0.25) is 0 Å². The quantitative estimate of drug-likeness (QED) is 0.189. The second-order valence-corrected chi connectivity index (χ2v) is 3.89. The minimum absolute atomic E-state index is 0.111. The van der Waals surface area contributed by atoms with Crippen LogP contribution in [0.15, 0.2) is 29.4 Å². The van der Waals surface area contributed by atoms with Crippen molar-refractivity contribution in [3.05, 3.63) is 35.4 Å². The summed E-state index contributed by atoms with van der Waals surface area (Å²) >= 11 is 0. The predicted octanol–water partition coefficient (Wildman–Crippen LogP) is 0.0608. The fraction of sp³-hybridized carbons (Fsp3) is 0.333. The largest absolute Gasteiger partial charge is 0.409 e. The number of nitrogens with zero attached hydrogens (tertiary/aromatic N) is 1. The third-order valence-corrected chi connectivity index (χ3v) is 2.34. The average molecular weight is 250 g/mol.